The minimum Gasteiger partial charge on any atom is -0.370 e. The number of ether oxygens (including phenoxy) is 1. The number of Topliss-reactive ketones (excluding diaryl/α,β-unsaturated/α-hetero) is 1. The SMILES string of the molecule is Cc1ccc(C)c(C(=O)C(C)OCCc2cccs2)c1. The fourth-order valence-electron chi connectivity index (χ4n) is 2.09. The van der Waals surface area contributed by atoms with Crippen LogP contribution >= 0.6 is 11.3 Å². The standard InChI is InChI=1S/C17H20O2S/c1-12-6-7-13(2)16(11-12)17(18)14(3)19-9-8-15-5-4-10-20-15/h4-7,10-11,14H,8-9H2,1-3H3. The Kier molecular flexibility index (Phi) is 5.10. The van der Waals surface area contributed by atoms with Crippen molar-refractivity contribution in [1.82, 2.24) is 0 Å². The van der Waals surface area contributed by atoms with Gasteiger partial charge in [-0.05, 0) is 43.8 Å². The van der Waals surface area contributed by atoms with Crippen LogP contribution in [0.1, 0.15) is 33.3 Å². The third-order valence-corrected chi connectivity index (χ3v) is 4.26. The van der Waals surface area contributed by atoms with Crippen LogP contribution in [0.15, 0.2) is 35.7 Å². The lowest BCUT2D eigenvalue weighted by Gasteiger charge is -2.14. The van der Waals surface area contributed by atoms with Crippen molar-refractivity contribution in [1.29, 1.82) is 0 Å². The Morgan fingerprint density at radius 3 is 2.80 bits per heavy atom. The highest BCUT2D eigenvalue weighted by Crippen LogP contribution is 2.15. The first-order valence-electron chi connectivity index (χ1n) is 6.83. The molecule has 2 aromatic rings. The summed E-state index contributed by atoms with van der Waals surface area (Å²) in [6.45, 7) is 6.38. The van der Waals surface area contributed by atoms with Crippen molar-refractivity contribution in [2.75, 3.05) is 6.61 Å². The molecular formula is C17H20O2S. The van der Waals surface area contributed by atoms with Crippen molar-refractivity contribution in [3.8, 4) is 0 Å². The Morgan fingerprint density at radius 1 is 1.30 bits per heavy atom. The molecular weight excluding hydrogens is 268 g/mol. The van der Waals surface area contributed by atoms with Gasteiger partial charge in [0, 0.05) is 16.9 Å². The molecule has 1 atom stereocenters. The van der Waals surface area contributed by atoms with Gasteiger partial charge in [0.2, 0.25) is 0 Å². The molecule has 0 amide bonds. The molecule has 1 heterocycles. The molecule has 0 aliphatic carbocycles. The largest absolute Gasteiger partial charge is 0.370 e. The van der Waals surface area contributed by atoms with E-state index in [0.29, 0.717) is 6.61 Å². The van der Waals surface area contributed by atoms with Gasteiger partial charge in [-0.1, -0.05) is 23.8 Å². The second-order valence-corrected chi connectivity index (χ2v) is 6.06. The molecule has 0 N–H and O–H groups in total. The minimum absolute atomic E-state index is 0.0670. The van der Waals surface area contributed by atoms with E-state index in [1.54, 1.807) is 11.3 Å². The van der Waals surface area contributed by atoms with Gasteiger partial charge in [0.1, 0.15) is 6.10 Å². The topological polar surface area (TPSA) is 26.3 Å². The molecule has 0 spiro atoms. The normalized spacial score (nSPS) is 12.3. The van der Waals surface area contributed by atoms with E-state index in [0.717, 1.165) is 23.1 Å². The molecule has 0 radical (unpaired) electrons. The molecule has 106 valence electrons. The maximum absolute atomic E-state index is 12.4. The molecule has 0 saturated heterocycles. The van der Waals surface area contributed by atoms with Crippen LogP contribution in [0.2, 0.25) is 0 Å². The monoisotopic (exact) mass is 288 g/mol. The predicted octanol–water partition coefficient (Wildman–Crippen LogP) is 4.20. The first-order valence-corrected chi connectivity index (χ1v) is 7.71. The Balaban J connectivity index is 1.93. The van der Waals surface area contributed by atoms with Crippen molar-refractivity contribution >= 4 is 17.1 Å². The summed E-state index contributed by atoms with van der Waals surface area (Å²) in [6.07, 6.45) is 0.470. The van der Waals surface area contributed by atoms with Crippen LogP contribution in [-0.4, -0.2) is 18.5 Å². The van der Waals surface area contributed by atoms with Gasteiger partial charge in [-0.25, -0.2) is 0 Å². The molecule has 0 aliphatic rings. The number of carbonyl (C=O) groups excluding carboxylic acids is 1. The van der Waals surface area contributed by atoms with Crippen LogP contribution in [0.4, 0.5) is 0 Å². The van der Waals surface area contributed by atoms with E-state index in [1.165, 1.54) is 4.88 Å². The van der Waals surface area contributed by atoms with Gasteiger partial charge in [0.25, 0.3) is 0 Å². The van der Waals surface area contributed by atoms with Crippen LogP contribution in [0.3, 0.4) is 0 Å². The van der Waals surface area contributed by atoms with E-state index in [9.17, 15) is 4.79 Å². The highest BCUT2D eigenvalue weighted by Gasteiger charge is 2.17. The summed E-state index contributed by atoms with van der Waals surface area (Å²) < 4.78 is 5.68. The Labute approximate surface area is 124 Å². The average molecular weight is 288 g/mol. The summed E-state index contributed by atoms with van der Waals surface area (Å²) >= 11 is 1.72. The number of aryl methyl sites for hydroxylation is 2. The van der Waals surface area contributed by atoms with E-state index in [-0.39, 0.29) is 5.78 Å². The van der Waals surface area contributed by atoms with E-state index >= 15 is 0 Å². The predicted molar refractivity (Wildman–Crippen MR) is 83.7 cm³/mol. The van der Waals surface area contributed by atoms with Crippen molar-refractivity contribution in [2.45, 2.75) is 33.3 Å². The van der Waals surface area contributed by atoms with Crippen molar-refractivity contribution in [2.24, 2.45) is 0 Å². The maximum atomic E-state index is 12.4. The number of ketones is 1. The summed E-state index contributed by atoms with van der Waals surface area (Å²) in [6, 6.07) is 10.1. The van der Waals surface area contributed by atoms with Crippen molar-refractivity contribution in [3.05, 3.63) is 57.3 Å². The van der Waals surface area contributed by atoms with Crippen LogP contribution in [0.5, 0.6) is 0 Å². The number of hydrogen-bond acceptors (Lipinski definition) is 3. The molecule has 3 heteroatoms. The highest BCUT2D eigenvalue weighted by molar-refractivity contribution is 7.09. The zero-order valence-electron chi connectivity index (χ0n) is 12.2. The van der Waals surface area contributed by atoms with Gasteiger partial charge in [-0.2, -0.15) is 0 Å². The molecule has 1 aromatic carbocycles. The summed E-state index contributed by atoms with van der Waals surface area (Å²) in [5, 5.41) is 2.06. The molecule has 2 nitrogen and oxygen atoms in total. The lowest BCUT2D eigenvalue weighted by Crippen LogP contribution is -2.22. The van der Waals surface area contributed by atoms with Crippen LogP contribution in [-0.2, 0) is 11.2 Å². The average Bonchev–Trinajstić information content (AvgIpc) is 2.94. The van der Waals surface area contributed by atoms with E-state index in [4.69, 9.17) is 4.74 Å². The van der Waals surface area contributed by atoms with Gasteiger partial charge in [-0.3, -0.25) is 4.79 Å². The molecule has 0 fully saturated rings. The molecule has 20 heavy (non-hydrogen) atoms. The lowest BCUT2D eigenvalue weighted by molar-refractivity contribution is 0.0488. The molecule has 0 bridgehead atoms. The first-order chi connectivity index (χ1) is 9.58. The first kappa shape index (κ1) is 14.9. The highest BCUT2D eigenvalue weighted by atomic mass is 32.1. The lowest BCUT2D eigenvalue weighted by atomic mass is 9.99. The van der Waals surface area contributed by atoms with E-state index in [2.05, 4.69) is 11.4 Å². The second-order valence-electron chi connectivity index (χ2n) is 5.03. The summed E-state index contributed by atoms with van der Waals surface area (Å²) in [7, 11) is 0. The van der Waals surface area contributed by atoms with Crippen molar-refractivity contribution in [3.63, 3.8) is 0 Å². The smallest absolute Gasteiger partial charge is 0.191 e. The summed E-state index contributed by atoms with van der Waals surface area (Å²) in [5.74, 6) is 0.0670. The van der Waals surface area contributed by atoms with Crippen LogP contribution in [0, 0.1) is 13.8 Å². The van der Waals surface area contributed by atoms with Gasteiger partial charge in [0.15, 0.2) is 5.78 Å². The minimum atomic E-state index is -0.393. The Hall–Kier alpha value is -1.45. The van der Waals surface area contributed by atoms with Gasteiger partial charge in [-0.15, -0.1) is 11.3 Å². The Morgan fingerprint density at radius 2 is 2.10 bits per heavy atom. The fraction of sp³-hybridized carbons (Fsp3) is 0.353. The van der Waals surface area contributed by atoms with Gasteiger partial charge >= 0.3 is 0 Å². The van der Waals surface area contributed by atoms with Crippen LogP contribution < -0.4 is 0 Å². The van der Waals surface area contributed by atoms with Crippen molar-refractivity contribution < 1.29 is 9.53 Å². The number of benzene rings is 1. The van der Waals surface area contributed by atoms with E-state index in [1.807, 2.05) is 45.0 Å². The molecule has 1 aromatic heterocycles. The summed E-state index contributed by atoms with van der Waals surface area (Å²) in [4.78, 5) is 13.7. The molecule has 0 aliphatic heterocycles. The zero-order valence-corrected chi connectivity index (χ0v) is 13.0. The Bertz CT molecular complexity index is 573. The number of hydrogen-bond donors (Lipinski definition) is 0. The quantitative estimate of drug-likeness (QED) is 0.745. The zero-order chi connectivity index (χ0) is 14.5. The number of thiophene rings is 1. The van der Waals surface area contributed by atoms with E-state index < -0.39 is 6.10 Å². The third kappa shape index (κ3) is 3.78. The van der Waals surface area contributed by atoms with Crippen LogP contribution in [0.25, 0.3) is 0 Å². The molecule has 2 rings (SSSR count). The second kappa shape index (κ2) is 6.82. The number of rotatable bonds is 6. The van der Waals surface area contributed by atoms with Gasteiger partial charge in [0.05, 0.1) is 6.61 Å². The number of carbonyl (C=O) groups is 1. The summed E-state index contributed by atoms with van der Waals surface area (Å²) in [5.41, 5.74) is 2.88. The fourth-order valence-corrected chi connectivity index (χ4v) is 2.78. The molecule has 1 unspecified atom stereocenters. The third-order valence-electron chi connectivity index (χ3n) is 3.32. The maximum Gasteiger partial charge on any atom is 0.191 e. The molecule has 0 saturated carbocycles. The van der Waals surface area contributed by atoms with Gasteiger partial charge < -0.3 is 4.74 Å².